The third-order valence-electron chi connectivity index (χ3n) is 6.56. The molecule has 138 valence electrons. The number of rotatable bonds is 3. The standard InChI is InChI=1S/C20H26N4O2/c1-13-5-4-6-18-21-16(11-24(13)18)19(25)23-10-15-14(9-22(2)3)17-7-8-20(15,12-23)26-17/h4-6,11,14-15,17H,7-10,12H2,1-3H3/t14-,15+,17+,20+/m1/s1. The Morgan fingerprint density at radius 3 is 3.04 bits per heavy atom. The normalized spacial score (nSPS) is 32.8. The van der Waals surface area contributed by atoms with Gasteiger partial charge in [0.2, 0.25) is 0 Å². The van der Waals surface area contributed by atoms with E-state index in [0.717, 1.165) is 37.3 Å². The lowest BCUT2D eigenvalue weighted by Gasteiger charge is -2.30. The van der Waals surface area contributed by atoms with Gasteiger partial charge < -0.3 is 18.9 Å². The Bertz CT molecular complexity index is 876. The van der Waals surface area contributed by atoms with Gasteiger partial charge in [-0.1, -0.05) is 6.07 Å². The predicted molar refractivity (Wildman–Crippen MR) is 98.2 cm³/mol. The Morgan fingerprint density at radius 2 is 2.27 bits per heavy atom. The van der Waals surface area contributed by atoms with Crippen LogP contribution in [0, 0.1) is 18.8 Å². The van der Waals surface area contributed by atoms with Gasteiger partial charge >= 0.3 is 0 Å². The zero-order valence-electron chi connectivity index (χ0n) is 15.7. The number of pyridine rings is 1. The molecule has 2 aromatic rings. The summed E-state index contributed by atoms with van der Waals surface area (Å²) in [5.74, 6) is 1.01. The van der Waals surface area contributed by atoms with Gasteiger partial charge in [0.05, 0.1) is 18.2 Å². The van der Waals surface area contributed by atoms with Crippen molar-refractivity contribution in [3.05, 3.63) is 35.8 Å². The second-order valence-corrected chi connectivity index (χ2v) is 8.50. The maximum Gasteiger partial charge on any atom is 0.274 e. The van der Waals surface area contributed by atoms with Crippen molar-refractivity contribution in [1.29, 1.82) is 0 Å². The van der Waals surface area contributed by atoms with Crippen LogP contribution in [0.5, 0.6) is 0 Å². The highest BCUT2D eigenvalue weighted by Gasteiger charge is 2.63. The van der Waals surface area contributed by atoms with Gasteiger partial charge in [-0.2, -0.15) is 0 Å². The van der Waals surface area contributed by atoms with E-state index >= 15 is 0 Å². The molecule has 2 bridgehead atoms. The summed E-state index contributed by atoms with van der Waals surface area (Å²) in [7, 11) is 4.24. The number of amides is 1. The fourth-order valence-corrected chi connectivity index (χ4v) is 5.42. The Labute approximate surface area is 153 Å². The number of nitrogens with zero attached hydrogens (tertiary/aromatic N) is 4. The maximum atomic E-state index is 13.1. The van der Waals surface area contributed by atoms with Crippen LogP contribution in [0.4, 0.5) is 0 Å². The third kappa shape index (κ3) is 2.25. The highest BCUT2D eigenvalue weighted by atomic mass is 16.5. The van der Waals surface area contributed by atoms with E-state index < -0.39 is 0 Å². The van der Waals surface area contributed by atoms with E-state index in [4.69, 9.17) is 4.74 Å². The van der Waals surface area contributed by atoms with E-state index in [-0.39, 0.29) is 11.5 Å². The smallest absolute Gasteiger partial charge is 0.274 e. The van der Waals surface area contributed by atoms with Crippen LogP contribution in [0.25, 0.3) is 5.65 Å². The summed E-state index contributed by atoms with van der Waals surface area (Å²) in [5, 5.41) is 0. The number of hydrogen-bond acceptors (Lipinski definition) is 4. The van der Waals surface area contributed by atoms with Crippen LogP contribution >= 0.6 is 0 Å². The average Bonchev–Trinajstić information content (AvgIpc) is 3.33. The highest BCUT2D eigenvalue weighted by Crippen LogP contribution is 2.55. The Morgan fingerprint density at radius 1 is 1.42 bits per heavy atom. The van der Waals surface area contributed by atoms with E-state index in [2.05, 4.69) is 24.0 Å². The molecule has 5 rings (SSSR count). The van der Waals surface area contributed by atoms with E-state index in [1.54, 1.807) is 0 Å². The highest BCUT2D eigenvalue weighted by molar-refractivity contribution is 5.93. The predicted octanol–water partition coefficient (Wildman–Crippen LogP) is 1.82. The van der Waals surface area contributed by atoms with Crippen LogP contribution < -0.4 is 0 Å². The van der Waals surface area contributed by atoms with E-state index in [9.17, 15) is 4.79 Å². The number of ether oxygens (including phenoxy) is 1. The van der Waals surface area contributed by atoms with Crippen molar-refractivity contribution in [3.63, 3.8) is 0 Å². The third-order valence-corrected chi connectivity index (χ3v) is 6.56. The fraction of sp³-hybridized carbons (Fsp3) is 0.600. The van der Waals surface area contributed by atoms with Gasteiger partial charge in [0.15, 0.2) is 0 Å². The van der Waals surface area contributed by atoms with Crippen molar-refractivity contribution >= 4 is 11.6 Å². The molecule has 26 heavy (non-hydrogen) atoms. The van der Waals surface area contributed by atoms with Crippen molar-refractivity contribution in [1.82, 2.24) is 19.2 Å². The summed E-state index contributed by atoms with van der Waals surface area (Å²) in [6, 6.07) is 5.95. The average molecular weight is 354 g/mol. The number of hydrogen-bond donors (Lipinski definition) is 0. The minimum Gasteiger partial charge on any atom is -0.369 e. The Kier molecular flexibility index (Phi) is 3.46. The summed E-state index contributed by atoms with van der Waals surface area (Å²) in [4.78, 5) is 21.9. The summed E-state index contributed by atoms with van der Waals surface area (Å²) in [5.41, 5.74) is 2.33. The van der Waals surface area contributed by atoms with Crippen molar-refractivity contribution < 1.29 is 9.53 Å². The lowest BCUT2D eigenvalue weighted by molar-refractivity contribution is 0.00251. The van der Waals surface area contributed by atoms with Crippen LogP contribution in [0.15, 0.2) is 24.4 Å². The van der Waals surface area contributed by atoms with Gasteiger partial charge in [0, 0.05) is 36.8 Å². The number of likely N-dealkylation sites (tertiary alicyclic amines) is 1. The molecule has 6 heteroatoms. The first-order valence-corrected chi connectivity index (χ1v) is 9.53. The molecule has 0 radical (unpaired) electrons. The van der Waals surface area contributed by atoms with Gasteiger partial charge in [0.25, 0.3) is 5.91 Å². The molecule has 0 saturated carbocycles. The topological polar surface area (TPSA) is 50.1 Å². The minimum atomic E-state index is -0.115. The van der Waals surface area contributed by atoms with Crippen LogP contribution in [0.3, 0.4) is 0 Å². The van der Waals surface area contributed by atoms with Gasteiger partial charge in [-0.25, -0.2) is 4.98 Å². The molecule has 4 atom stereocenters. The lowest BCUT2D eigenvalue weighted by atomic mass is 9.73. The Hall–Kier alpha value is -1.92. The van der Waals surface area contributed by atoms with Gasteiger partial charge in [-0.05, 0) is 46.0 Å². The Balaban J connectivity index is 1.41. The summed E-state index contributed by atoms with van der Waals surface area (Å²) >= 11 is 0. The largest absolute Gasteiger partial charge is 0.369 e. The van der Waals surface area contributed by atoms with E-state index in [1.807, 2.05) is 40.6 Å². The number of carbonyl (C=O) groups excluding carboxylic acids is 1. The maximum absolute atomic E-state index is 13.1. The molecule has 6 nitrogen and oxygen atoms in total. The second kappa shape index (κ2) is 5.54. The molecule has 5 heterocycles. The van der Waals surface area contributed by atoms with E-state index in [1.165, 1.54) is 0 Å². The lowest BCUT2D eigenvalue weighted by Crippen LogP contribution is -2.40. The molecular formula is C20H26N4O2. The van der Waals surface area contributed by atoms with Crippen LogP contribution in [-0.4, -0.2) is 70.5 Å². The SMILES string of the molecule is Cc1cccc2nc(C(=O)N3C[C@H]4[C@@H](CN(C)C)[C@@H]5CC[C@@]4(C3)O5)cn12. The van der Waals surface area contributed by atoms with Crippen LogP contribution in [0.1, 0.15) is 29.0 Å². The molecule has 1 spiro atoms. The zero-order chi connectivity index (χ0) is 18.1. The van der Waals surface area contributed by atoms with Crippen LogP contribution in [-0.2, 0) is 4.74 Å². The second-order valence-electron chi connectivity index (χ2n) is 8.50. The minimum absolute atomic E-state index is 0.0347. The summed E-state index contributed by atoms with van der Waals surface area (Å²) < 4.78 is 8.43. The molecule has 1 amide bonds. The number of carbonyl (C=O) groups is 1. The molecule has 0 N–H and O–H groups in total. The molecule has 3 aliphatic heterocycles. The molecular weight excluding hydrogens is 328 g/mol. The summed E-state index contributed by atoms with van der Waals surface area (Å²) in [6.45, 7) is 4.57. The first-order valence-electron chi connectivity index (χ1n) is 9.53. The molecule has 0 aliphatic carbocycles. The summed E-state index contributed by atoms with van der Waals surface area (Å²) in [6.07, 6.45) is 4.46. The van der Waals surface area contributed by atoms with Gasteiger partial charge in [-0.3, -0.25) is 4.79 Å². The van der Waals surface area contributed by atoms with E-state index in [0.29, 0.717) is 30.2 Å². The van der Waals surface area contributed by atoms with Crippen LogP contribution in [0.2, 0.25) is 0 Å². The van der Waals surface area contributed by atoms with Gasteiger partial charge in [-0.15, -0.1) is 0 Å². The number of aryl methyl sites for hydroxylation is 1. The number of imidazole rings is 1. The van der Waals surface area contributed by atoms with Crippen molar-refractivity contribution in [2.45, 2.75) is 31.5 Å². The molecule has 0 aromatic carbocycles. The molecule has 3 saturated heterocycles. The van der Waals surface area contributed by atoms with Crippen molar-refractivity contribution in [3.8, 4) is 0 Å². The quantitative estimate of drug-likeness (QED) is 0.844. The monoisotopic (exact) mass is 354 g/mol. The van der Waals surface area contributed by atoms with Crippen molar-refractivity contribution in [2.24, 2.45) is 11.8 Å². The fourth-order valence-electron chi connectivity index (χ4n) is 5.42. The first kappa shape index (κ1) is 16.3. The number of aromatic nitrogens is 2. The molecule has 0 unspecified atom stereocenters. The number of fused-ring (bicyclic) bond motifs is 2. The molecule has 2 aromatic heterocycles. The molecule has 3 aliphatic rings. The molecule has 3 fully saturated rings. The first-order chi connectivity index (χ1) is 12.5. The van der Waals surface area contributed by atoms with Crippen molar-refractivity contribution in [2.75, 3.05) is 33.7 Å². The zero-order valence-corrected chi connectivity index (χ0v) is 15.7. The van der Waals surface area contributed by atoms with Gasteiger partial charge in [0.1, 0.15) is 11.3 Å².